The van der Waals surface area contributed by atoms with Crippen LogP contribution in [0.25, 0.3) is 0 Å². The van der Waals surface area contributed by atoms with Crippen molar-refractivity contribution < 1.29 is 22.7 Å². The fourth-order valence-corrected chi connectivity index (χ4v) is 4.01. The van der Waals surface area contributed by atoms with Crippen molar-refractivity contribution in [3.63, 3.8) is 0 Å². The highest BCUT2D eigenvalue weighted by Crippen LogP contribution is 2.19. The zero-order valence-electron chi connectivity index (χ0n) is 17.3. The standard InChI is InChI=1S/C23H24N2O5S/c1-17-12-13-18(2)22(16-17)31(27,28)25-24-23(26)20-10-6-7-11-21(20)30-15-14-29-19-8-4-3-5-9-19/h3-13,16,25H,14-15H2,1-2H3,(H,24,26). The van der Waals surface area contributed by atoms with Crippen molar-refractivity contribution in [2.75, 3.05) is 13.2 Å². The number of aryl methyl sites for hydroxylation is 2. The van der Waals surface area contributed by atoms with E-state index in [2.05, 4.69) is 10.3 Å². The molecule has 7 nitrogen and oxygen atoms in total. The van der Waals surface area contributed by atoms with Crippen LogP contribution in [0.15, 0.2) is 77.7 Å². The fraction of sp³-hybridized carbons (Fsp3) is 0.174. The van der Waals surface area contributed by atoms with Crippen LogP contribution in [0.3, 0.4) is 0 Å². The molecule has 0 saturated heterocycles. The number of nitrogens with one attached hydrogen (secondary N) is 2. The molecule has 162 valence electrons. The summed E-state index contributed by atoms with van der Waals surface area (Å²) in [7, 11) is -3.92. The molecule has 0 aliphatic rings. The number of para-hydroxylation sites is 2. The van der Waals surface area contributed by atoms with E-state index in [1.807, 2.05) is 36.4 Å². The summed E-state index contributed by atoms with van der Waals surface area (Å²) >= 11 is 0. The molecule has 0 heterocycles. The van der Waals surface area contributed by atoms with Crippen LogP contribution >= 0.6 is 0 Å². The monoisotopic (exact) mass is 440 g/mol. The van der Waals surface area contributed by atoms with E-state index in [0.29, 0.717) is 17.9 Å². The summed E-state index contributed by atoms with van der Waals surface area (Å²) in [6, 6.07) is 21.0. The Labute approximate surface area is 182 Å². The Morgan fingerprint density at radius 3 is 2.32 bits per heavy atom. The maximum atomic E-state index is 12.6. The predicted octanol–water partition coefficient (Wildman–Crippen LogP) is 3.38. The van der Waals surface area contributed by atoms with E-state index >= 15 is 0 Å². The first-order valence-corrected chi connectivity index (χ1v) is 11.1. The highest BCUT2D eigenvalue weighted by molar-refractivity contribution is 7.89. The van der Waals surface area contributed by atoms with Gasteiger partial charge in [0.1, 0.15) is 24.7 Å². The van der Waals surface area contributed by atoms with E-state index in [1.165, 1.54) is 0 Å². The highest BCUT2D eigenvalue weighted by Gasteiger charge is 2.19. The van der Waals surface area contributed by atoms with E-state index in [1.54, 1.807) is 50.2 Å². The number of rotatable bonds is 9. The second-order valence-corrected chi connectivity index (χ2v) is 8.49. The number of carbonyl (C=O) groups is 1. The second-order valence-electron chi connectivity index (χ2n) is 6.83. The SMILES string of the molecule is Cc1ccc(C)c(S(=O)(=O)NNC(=O)c2ccccc2OCCOc2ccccc2)c1. The van der Waals surface area contributed by atoms with Gasteiger partial charge in [0.15, 0.2) is 0 Å². The minimum absolute atomic E-state index is 0.107. The Balaban J connectivity index is 1.61. The third-order valence-corrected chi connectivity index (χ3v) is 5.81. The smallest absolute Gasteiger partial charge is 0.270 e. The van der Waals surface area contributed by atoms with Gasteiger partial charge in [-0.15, -0.1) is 4.83 Å². The molecule has 3 rings (SSSR count). The number of ether oxygens (including phenoxy) is 2. The van der Waals surface area contributed by atoms with Gasteiger partial charge < -0.3 is 9.47 Å². The van der Waals surface area contributed by atoms with Crippen LogP contribution in [0.4, 0.5) is 0 Å². The lowest BCUT2D eigenvalue weighted by atomic mass is 10.2. The largest absolute Gasteiger partial charge is 0.490 e. The predicted molar refractivity (Wildman–Crippen MR) is 118 cm³/mol. The Hall–Kier alpha value is -3.36. The Morgan fingerprint density at radius 2 is 1.55 bits per heavy atom. The maximum Gasteiger partial charge on any atom is 0.270 e. The molecule has 1 amide bonds. The van der Waals surface area contributed by atoms with Gasteiger partial charge in [-0.1, -0.05) is 42.5 Å². The van der Waals surface area contributed by atoms with Crippen LogP contribution in [-0.4, -0.2) is 27.5 Å². The van der Waals surface area contributed by atoms with Crippen LogP contribution in [-0.2, 0) is 10.0 Å². The summed E-state index contributed by atoms with van der Waals surface area (Å²) in [5, 5.41) is 0. The van der Waals surface area contributed by atoms with Crippen LogP contribution in [0, 0.1) is 13.8 Å². The molecule has 0 aliphatic carbocycles. The minimum Gasteiger partial charge on any atom is -0.490 e. The first-order chi connectivity index (χ1) is 14.9. The molecule has 0 saturated carbocycles. The minimum atomic E-state index is -3.92. The molecule has 0 spiro atoms. The van der Waals surface area contributed by atoms with Gasteiger partial charge in [0.2, 0.25) is 0 Å². The average molecular weight is 441 g/mol. The van der Waals surface area contributed by atoms with Gasteiger partial charge in [-0.25, -0.2) is 8.42 Å². The van der Waals surface area contributed by atoms with Crippen LogP contribution < -0.4 is 19.7 Å². The van der Waals surface area contributed by atoms with E-state index < -0.39 is 15.9 Å². The fourth-order valence-electron chi connectivity index (χ4n) is 2.84. The van der Waals surface area contributed by atoms with Gasteiger partial charge in [0.25, 0.3) is 15.9 Å². The number of hydrazine groups is 1. The molecule has 8 heteroatoms. The molecule has 31 heavy (non-hydrogen) atoms. The summed E-state index contributed by atoms with van der Waals surface area (Å²) in [4.78, 5) is 14.9. The lowest BCUT2D eigenvalue weighted by molar-refractivity contribution is 0.0940. The third kappa shape index (κ3) is 6.07. The first-order valence-electron chi connectivity index (χ1n) is 9.66. The lowest BCUT2D eigenvalue weighted by Gasteiger charge is -2.14. The molecule has 0 aliphatic heterocycles. The molecule has 0 fully saturated rings. The van der Waals surface area contributed by atoms with Gasteiger partial charge in [-0.3, -0.25) is 10.2 Å². The average Bonchev–Trinajstić information content (AvgIpc) is 2.77. The quantitative estimate of drug-likeness (QED) is 0.393. The Morgan fingerprint density at radius 1 is 0.871 bits per heavy atom. The summed E-state index contributed by atoms with van der Waals surface area (Å²) in [5.41, 5.74) is 3.83. The number of carbonyl (C=O) groups excluding carboxylic acids is 1. The summed E-state index contributed by atoms with van der Waals surface area (Å²) in [5.74, 6) is 0.411. The Kier molecular flexibility index (Phi) is 7.28. The molecule has 3 aromatic rings. The van der Waals surface area contributed by atoms with Gasteiger partial charge >= 0.3 is 0 Å². The number of amides is 1. The molecule has 3 aromatic carbocycles. The molecule has 0 radical (unpaired) electrons. The number of sulfonamides is 1. The van der Waals surface area contributed by atoms with Gasteiger partial charge in [-0.2, -0.15) is 0 Å². The molecular formula is C23H24N2O5S. The first kappa shape index (κ1) is 22.3. The maximum absolute atomic E-state index is 12.6. The van der Waals surface area contributed by atoms with E-state index in [4.69, 9.17) is 9.47 Å². The molecule has 0 aromatic heterocycles. The van der Waals surface area contributed by atoms with Gasteiger partial charge in [0, 0.05) is 0 Å². The summed E-state index contributed by atoms with van der Waals surface area (Å²) < 4.78 is 36.4. The van der Waals surface area contributed by atoms with Crippen LogP contribution in [0.5, 0.6) is 11.5 Å². The van der Waals surface area contributed by atoms with Crippen molar-refractivity contribution in [3.8, 4) is 11.5 Å². The van der Waals surface area contributed by atoms with Gasteiger partial charge in [0.05, 0.1) is 10.5 Å². The van der Waals surface area contributed by atoms with Crippen molar-refractivity contribution in [1.82, 2.24) is 10.3 Å². The number of hydrogen-bond acceptors (Lipinski definition) is 5. The zero-order chi connectivity index (χ0) is 22.3. The van der Waals surface area contributed by atoms with Crippen LogP contribution in [0.2, 0.25) is 0 Å². The number of hydrogen-bond donors (Lipinski definition) is 2. The summed E-state index contributed by atoms with van der Waals surface area (Å²) in [6.07, 6.45) is 0. The summed E-state index contributed by atoms with van der Waals surface area (Å²) in [6.45, 7) is 4.00. The van der Waals surface area contributed by atoms with Crippen molar-refractivity contribution in [2.45, 2.75) is 18.7 Å². The second kappa shape index (κ2) is 10.1. The van der Waals surface area contributed by atoms with Gasteiger partial charge in [-0.05, 0) is 55.3 Å². The normalized spacial score (nSPS) is 11.0. The third-order valence-electron chi connectivity index (χ3n) is 4.42. The van der Waals surface area contributed by atoms with Crippen molar-refractivity contribution in [1.29, 1.82) is 0 Å². The van der Waals surface area contributed by atoms with Crippen molar-refractivity contribution in [3.05, 3.63) is 89.5 Å². The number of benzene rings is 3. The molecule has 0 unspecified atom stereocenters. The van der Waals surface area contributed by atoms with Crippen LogP contribution in [0.1, 0.15) is 21.5 Å². The molecule has 2 N–H and O–H groups in total. The van der Waals surface area contributed by atoms with Crippen molar-refractivity contribution >= 4 is 15.9 Å². The Bertz CT molecular complexity index is 1150. The topological polar surface area (TPSA) is 93.7 Å². The molecule has 0 atom stereocenters. The zero-order valence-corrected chi connectivity index (χ0v) is 18.1. The van der Waals surface area contributed by atoms with E-state index in [-0.39, 0.29) is 17.1 Å². The van der Waals surface area contributed by atoms with E-state index in [0.717, 1.165) is 11.3 Å². The molecule has 0 bridgehead atoms. The highest BCUT2D eigenvalue weighted by atomic mass is 32.2. The van der Waals surface area contributed by atoms with E-state index in [9.17, 15) is 13.2 Å². The molecular weight excluding hydrogens is 416 g/mol. The van der Waals surface area contributed by atoms with Crippen molar-refractivity contribution in [2.24, 2.45) is 0 Å². The lowest BCUT2D eigenvalue weighted by Crippen LogP contribution is -2.41.